The van der Waals surface area contributed by atoms with Crippen molar-refractivity contribution in [3.05, 3.63) is 35.9 Å². The van der Waals surface area contributed by atoms with Crippen molar-refractivity contribution in [2.75, 3.05) is 13.2 Å². The summed E-state index contributed by atoms with van der Waals surface area (Å²) >= 11 is 0. The molecule has 0 saturated heterocycles. The highest BCUT2D eigenvalue weighted by molar-refractivity contribution is 5.77. The fourth-order valence-corrected chi connectivity index (χ4v) is 2.67. The summed E-state index contributed by atoms with van der Waals surface area (Å²) < 4.78 is 26.0. The van der Waals surface area contributed by atoms with Crippen LogP contribution >= 0.6 is 0 Å². The van der Waals surface area contributed by atoms with Crippen LogP contribution in [0.15, 0.2) is 30.1 Å². The van der Waals surface area contributed by atoms with Crippen LogP contribution in [0, 0.1) is 0 Å². The normalized spacial score (nSPS) is 12.3. The summed E-state index contributed by atoms with van der Waals surface area (Å²) in [6, 6.07) is 5.64. The van der Waals surface area contributed by atoms with E-state index in [1.807, 2.05) is 25.2 Å². The molecular formula is C21H30FN3O3. The molecule has 1 aromatic heterocycles. The first-order chi connectivity index (χ1) is 13.2. The van der Waals surface area contributed by atoms with E-state index in [1.54, 1.807) is 20.8 Å². The fourth-order valence-electron chi connectivity index (χ4n) is 2.67. The van der Waals surface area contributed by atoms with E-state index in [9.17, 15) is 9.18 Å². The number of benzene rings is 1. The van der Waals surface area contributed by atoms with Crippen molar-refractivity contribution in [1.29, 1.82) is 0 Å². The lowest BCUT2D eigenvalue weighted by Crippen LogP contribution is -2.34. The molecule has 0 atom stereocenters. The Kier molecular flexibility index (Phi) is 7.43. The lowest BCUT2D eigenvalue weighted by Gasteiger charge is -2.20. The lowest BCUT2D eigenvalue weighted by molar-refractivity contribution is 0.0531. The summed E-state index contributed by atoms with van der Waals surface area (Å²) in [7, 11) is 2.01. The Morgan fingerprint density at radius 1 is 1.36 bits per heavy atom. The lowest BCUT2D eigenvalue weighted by atomic mass is 10.2. The van der Waals surface area contributed by atoms with Crippen molar-refractivity contribution in [3.8, 4) is 5.75 Å². The number of rotatable bonds is 8. The van der Waals surface area contributed by atoms with Crippen molar-refractivity contribution >= 4 is 17.1 Å². The molecule has 0 aliphatic heterocycles. The van der Waals surface area contributed by atoms with Gasteiger partial charge in [0.1, 0.15) is 23.8 Å². The second kappa shape index (κ2) is 9.57. The highest BCUT2D eigenvalue weighted by Gasteiger charge is 2.16. The van der Waals surface area contributed by atoms with Gasteiger partial charge in [0.25, 0.3) is 0 Å². The second-order valence-corrected chi connectivity index (χ2v) is 7.75. The smallest absolute Gasteiger partial charge is 0.407 e. The number of aryl methyl sites for hydroxylation is 2. The Morgan fingerprint density at radius 2 is 2.11 bits per heavy atom. The van der Waals surface area contributed by atoms with Crippen LogP contribution in [0.1, 0.15) is 46.4 Å². The number of hydrogen-bond donors (Lipinski definition) is 1. The fraction of sp³-hybridized carbons (Fsp3) is 0.524. The van der Waals surface area contributed by atoms with Gasteiger partial charge in [-0.3, -0.25) is 0 Å². The molecule has 6 nitrogen and oxygen atoms in total. The standard InChI is InChI=1S/C21H30FN3O3/c1-6-7-8-19-24-17-11-16(9-10-18(17)25(19)5)27-14-15(12-22)13-23-20(26)28-21(2,3)4/h9-12H,6-8,13-14H2,1-5H3,(H,23,26)/b15-12+. The third kappa shape index (κ3) is 6.25. The highest BCUT2D eigenvalue weighted by Crippen LogP contribution is 2.22. The zero-order valence-electron chi connectivity index (χ0n) is 17.3. The molecule has 2 rings (SSSR count). The molecular weight excluding hydrogens is 361 g/mol. The summed E-state index contributed by atoms with van der Waals surface area (Å²) in [5.41, 5.74) is 1.58. The SMILES string of the molecule is CCCCc1nc2cc(OC/C(=C/F)CNC(=O)OC(C)(C)C)ccc2n1C. The van der Waals surface area contributed by atoms with Gasteiger partial charge in [-0.15, -0.1) is 0 Å². The van der Waals surface area contributed by atoms with Gasteiger partial charge in [0.05, 0.1) is 17.4 Å². The van der Waals surface area contributed by atoms with Crippen molar-refractivity contribution < 1.29 is 18.7 Å². The number of halogens is 1. The summed E-state index contributed by atoms with van der Waals surface area (Å²) in [5, 5.41) is 2.52. The van der Waals surface area contributed by atoms with Crippen molar-refractivity contribution in [2.45, 2.75) is 52.6 Å². The van der Waals surface area contributed by atoms with Crippen molar-refractivity contribution in [2.24, 2.45) is 7.05 Å². The predicted molar refractivity (Wildman–Crippen MR) is 108 cm³/mol. The van der Waals surface area contributed by atoms with Gasteiger partial charge in [0, 0.05) is 31.7 Å². The molecule has 1 amide bonds. The number of ether oxygens (including phenoxy) is 2. The topological polar surface area (TPSA) is 65.4 Å². The maximum atomic E-state index is 13.1. The van der Waals surface area contributed by atoms with Gasteiger partial charge < -0.3 is 19.4 Å². The van der Waals surface area contributed by atoms with E-state index in [2.05, 4.69) is 21.8 Å². The number of nitrogens with one attached hydrogen (secondary N) is 1. The predicted octanol–water partition coefficient (Wildman–Crippen LogP) is 4.67. The highest BCUT2D eigenvalue weighted by atomic mass is 19.1. The van der Waals surface area contributed by atoms with Gasteiger partial charge in [-0.05, 0) is 39.3 Å². The average molecular weight is 391 g/mol. The Morgan fingerprint density at radius 3 is 2.75 bits per heavy atom. The second-order valence-electron chi connectivity index (χ2n) is 7.75. The third-order valence-corrected chi connectivity index (χ3v) is 4.14. The van der Waals surface area contributed by atoms with E-state index < -0.39 is 11.7 Å². The van der Waals surface area contributed by atoms with Crippen LogP contribution in [-0.2, 0) is 18.2 Å². The minimum atomic E-state index is -0.603. The molecule has 1 aromatic carbocycles. The molecule has 0 spiro atoms. The van der Waals surface area contributed by atoms with Crippen LogP contribution in [0.3, 0.4) is 0 Å². The number of hydrogen-bond acceptors (Lipinski definition) is 4. The van der Waals surface area contributed by atoms with Crippen LogP contribution in [0.25, 0.3) is 11.0 Å². The first-order valence-electron chi connectivity index (χ1n) is 9.56. The molecule has 0 unspecified atom stereocenters. The van der Waals surface area contributed by atoms with Gasteiger partial charge in [0.15, 0.2) is 0 Å². The van der Waals surface area contributed by atoms with E-state index in [1.165, 1.54) is 0 Å². The van der Waals surface area contributed by atoms with Crippen molar-refractivity contribution in [3.63, 3.8) is 0 Å². The number of fused-ring (bicyclic) bond motifs is 1. The monoisotopic (exact) mass is 391 g/mol. The molecule has 0 radical (unpaired) electrons. The molecule has 0 bridgehead atoms. The molecule has 1 heterocycles. The molecule has 0 fully saturated rings. The average Bonchev–Trinajstić information content (AvgIpc) is 2.94. The molecule has 0 saturated carbocycles. The zero-order chi connectivity index (χ0) is 20.7. The summed E-state index contributed by atoms with van der Waals surface area (Å²) in [4.78, 5) is 16.3. The number of nitrogens with zero attached hydrogens (tertiary/aromatic N) is 2. The number of carbonyl (C=O) groups excluding carboxylic acids is 1. The number of imidazole rings is 1. The number of amides is 1. The molecule has 0 aliphatic rings. The first kappa shape index (κ1) is 21.7. The van der Waals surface area contributed by atoms with Crippen LogP contribution in [0.4, 0.5) is 9.18 Å². The Balaban J connectivity index is 1.95. The number of alkyl carbamates (subject to hydrolysis) is 1. The third-order valence-electron chi connectivity index (χ3n) is 4.14. The first-order valence-corrected chi connectivity index (χ1v) is 9.56. The Bertz CT molecular complexity index is 837. The van der Waals surface area contributed by atoms with Crippen LogP contribution < -0.4 is 10.1 Å². The molecule has 0 aliphatic carbocycles. The number of carbonyl (C=O) groups is 1. The molecule has 28 heavy (non-hydrogen) atoms. The number of aromatic nitrogens is 2. The molecule has 154 valence electrons. The molecule has 2 aromatic rings. The van der Waals surface area contributed by atoms with Crippen LogP contribution in [0.2, 0.25) is 0 Å². The quantitative estimate of drug-likeness (QED) is 0.710. The largest absolute Gasteiger partial charge is 0.489 e. The van der Waals surface area contributed by atoms with Gasteiger partial charge in [-0.25, -0.2) is 14.2 Å². The molecule has 1 N–H and O–H groups in total. The summed E-state index contributed by atoms with van der Waals surface area (Å²) in [5.74, 6) is 1.64. The number of unbranched alkanes of at least 4 members (excludes halogenated alkanes) is 1. The maximum Gasteiger partial charge on any atom is 0.407 e. The van der Waals surface area contributed by atoms with Gasteiger partial charge in [-0.2, -0.15) is 0 Å². The summed E-state index contributed by atoms with van der Waals surface area (Å²) in [6.45, 7) is 7.49. The van der Waals surface area contributed by atoms with E-state index in [-0.39, 0.29) is 13.2 Å². The Hall–Kier alpha value is -2.57. The van der Waals surface area contributed by atoms with E-state index in [4.69, 9.17) is 9.47 Å². The minimum absolute atomic E-state index is 0.0123. The van der Waals surface area contributed by atoms with Crippen molar-refractivity contribution in [1.82, 2.24) is 14.9 Å². The Labute approximate surface area is 165 Å². The van der Waals surface area contributed by atoms with Crippen LogP contribution in [0.5, 0.6) is 5.75 Å². The van der Waals surface area contributed by atoms with E-state index >= 15 is 0 Å². The van der Waals surface area contributed by atoms with E-state index in [0.29, 0.717) is 17.7 Å². The van der Waals surface area contributed by atoms with Gasteiger partial charge in [0.2, 0.25) is 0 Å². The van der Waals surface area contributed by atoms with E-state index in [0.717, 1.165) is 36.1 Å². The molecule has 7 heteroatoms. The van der Waals surface area contributed by atoms with Crippen LogP contribution in [-0.4, -0.2) is 34.4 Å². The zero-order valence-corrected chi connectivity index (χ0v) is 17.3. The van der Waals surface area contributed by atoms with Gasteiger partial charge >= 0.3 is 6.09 Å². The van der Waals surface area contributed by atoms with Gasteiger partial charge in [-0.1, -0.05) is 13.3 Å². The maximum absolute atomic E-state index is 13.1. The summed E-state index contributed by atoms with van der Waals surface area (Å²) in [6.07, 6.45) is 2.99. The minimum Gasteiger partial charge on any atom is -0.489 e.